The molecule has 0 saturated carbocycles. The van der Waals surface area contributed by atoms with Crippen molar-refractivity contribution in [1.29, 1.82) is 0 Å². The van der Waals surface area contributed by atoms with E-state index in [9.17, 15) is 18.0 Å². The Morgan fingerprint density at radius 3 is 2.56 bits per heavy atom. The smallest absolute Gasteiger partial charge is 0.416 e. The minimum atomic E-state index is -4.42. The average Bonchev–Trinajstić information content (AvgIpc) is 2.58. The van der Waals surface area contributed by atoms with E-state index in [2.05, 4.69) is 0 Å². The molecule has 132 valence electrons. The Morgan fingerprint density at radius 2 is 1.92 bits per heavy atom. The van der Waals surface area contributed by atoms with E-state index in [0.717, 1.165) is 21.9 Å². The zero-order chi connectivity index (χ0) is 18.2. The maximum atomic E-state index is 13.1. The second-order valence-corrected chi connectivity index (χ2v) is 6.48. The molecule has 0 unspecified atom stereocenters. The molecular formula is C18H16F3NO2S. The van der Waals surface area contributed by atoms with E-state index in [4.69, 9.17) is 4.74 Å². The summed E-state index contributed by atoms with van der Waals surface area (Å²) in [7, 11) is 0. The first-order chi connectivity index (χ1) is 11.9. The Balaban J connectivity index is 2.15. The molecule has 1 heterocycles. The van der Waals surface area contributed by atoms with Crippen LogP contribution >= 0.6 is 11.8 Å². The van der Waals surface area contributed by atoms with Gasteiger partial charge in [-0.3, -0.25) is 0 Å². The maximum Gasteiger partial charge on any atom is 0.416 e. The standard InChI is InChI=1S/C18H16F3NO2S/c1-3-22-13-10-11(18(19,20)21)8-9-14(13)25-15-7-5-6-12(16(15)22)17(23)24-4-2/h5-10H,3-4H2,1-2H3. The lowest BCUT2D eigenvalue weighted by molar-refractivity contribution is -0.137. The number of ether oxygens (including phenoxy) is 1. The van der Waals surface area contributed by atoms with Crippen LogP contribution in [0.25, 0.3) is 0 Å². The van der Waals surface area contributed by atoms with Crippen LogP contribution in [-0.4, -0.2) is 19.1 Å². The van der Waals surface area contributed by atoms with Crippen LogP contribution in [0.3, 0.4) is 0 Å². The third-order valence-corrected chi connectivity index (χ3v) is 4.99. The summed E-state index contributed by atoms with van der Waals surface area (Å²) in [4.78, 5) is 15.6. The summed E-state index contributed by atoms with van der Waals surface area (Å²) in [6.07, 6.45) is -4.42. The van der Waals surface area contributed by atoms with Crippen LogP contribution in [0.4, 0.5) is 24.5 Å². The molecule has 0 radical (unpaired) electrons. The van der Waals surface area contributed by atoms with Gasteiger partial charge in [0.1, 0.15) is 0 Å². The van der Waals surface area contributed by atoms with Gasteiger partial charge >= 0.3 is 12.1 Å². The van der Waals surface area contributed by atoms with Gasteiger partial charge in [0.2, 0.25) is 0 Å². The van der Waals surface area contributed by atoms with Gasteiger partial charge < -0.3 is 9.64 Å². The van der Waals surface area contributed by atoms with Crippen LogP contribution in [0.2, 0.25) is 0 Å². The minimum absolute atomic E-state index is 0.233. The fourth-order valence-corrected chi connectivity index (χ4v) is 3.93. The lowest BCUT2D eigenvalue weighted by Gasteiger charge is -2.33. The Hall–Kier alpha value is -2.15. The highest BCUT2D eigenvalue weighted by atomic mass is 32.2. The molecule has 0 amide bonds. The summed E-state index contributed by atoms with van der Waals surface area (Å²) >= 11 is 1.35. The zero-order valence-corrected chi connectivity index (χ0v) is 14.5. The molecule has 7 heteroatoms. The Labute approximate surface area is 147 Å². The Bertz CT molecular complexity index is 820. The van der Waals surface area contributed by atoms with Crippen molar-refractivity contribution in [1.82, 2.24) is 0 Å². The summed E-state index contributed by atoms with van der Waals surface area (Å²) < 4.78 is 44.4. The number of rotatable bonds is 3. The van der Waals surface area contributed by atoms with Gasteiger partial charge in [-0.25, -0.2) is 4.79 Å². The first kappa shape index (κ1) is 17.7. The highest BCUT2D eigenvalue weighted by Crippen LogP contribution is 2.50. The lowest BCUT2D eigenvalue weighted by Crippen LogP contribution is -2.24. The van der Waals surface area contributed by atoms with Gasteiger partial charge in [0.25, 0.3) is 0 Å². The second-order valence-electron chi connectivity index (χ2n) is 5.40. The van der Waals surface area contributed by atoms with Crippen molar-refractivity contribution >= 4 is 29.1 Å². The molecule has 1 aliphatic rings. The van der Waals surface area contributed by atoms with Crippen molar-refractivity contribution in [3.63, 3.8) is 0 Å². The van der Waals surface area contributed by atoms with Crippen LogP contribution in [0.15, 0.2) is 46.2 Å². The van der Waals surface area contributed by atoms with Crippen molar-refractivity contribution in [2.24, 2.45) is 0 Å². The molecule has 25 heavy (non-hydrogen) atoms. The first-order valence-corrected chi connectivity index (χ1v) is 8.65. The normalized spacial score (nSPS) is 13.2. The summed E-state index contributed by atoms with van der Waals surface area (Å²) in [5, 5.41) is 0. The van der Waals surface area contributed by atoms with Crippen molar-refractivity contribution < 1.29 is 22.7 Å². The molecular weight excluding hydrogens is 351 g/mol. The molecule has 3 rings (SSSR count). The number of para-hydroxylation sites is 1. The largest absolute Gasteiger partial charge is 0.462 e. The van der Waals surface area contributed by atoms with E-state index in [1.165, 1.54) is 17.8 Å². The number of anilines is 2. The van der Waals surface area contributed by atoms with Crippen molar-refractivity contribution in [2.45, 2.75) is 29.8 Å². The van der Waals surface area contributed by atoms with E-state index in [-0.39, 0.29) is 6.61 Å². The molecule has 0 aliphatic carbocycles. The number of halogens is 3. The first-order valence-electron chi connectivity index (χ1n) is 7.83. The van der Waals surface area contributed by atoms with Crippen LogP contribution < -0.4 is 4.90 Å². The number of benzene rings is 2. The predicted octanol–water partition coefficient (Wildman–Crippen LogP) is 5.50. The Morgan fingerprint density at radius 1 is 1.16 bits per heavy atom. The number of nitrogens with zero attached hydrogens (tertiary/aromatic N) is 1. The highest BCUT2D eigenvalue weighted by molar-refractivity contribution is 7.99. The number of esters is 1. The minimum Gasteiger partial charge on any atom is -0.462 e. The number of hydrogen-bond acceptors (Lipinski definition) is 4. The molecule has 0 saturated heterocycles. The zero-order valence-electron chi connectivity index (χ0n) is 13.7. The van der Waals surface area contributed by atoms with E-state index >= 15 is 0 Å². The molecule has 0 N–H and O–H groups in total. The molecule has 0 spiro atoms. The van der Waals surface area contributed by atoms with E-state index in [0.29, 0.717) is 23.5 Å². The summed E-state index contributed by atoms with van der Waals surface area (Å²) in [5.41, 5.74) is 0.700. The van der Waals surface area contributed by atoms with Crippen molar-refractivity contribution in [3.8, 4) is 0 Å². The monoisotopic (exact) mass is 367 g/mol. The second kappa shape index (κ2) is 6.63. The van der Waals surface area contributed by atoms with Crippen molar-refractivity contribution in [3.05, 3.63) is 47.5 Å². The van der Waals surface area contributed by atoms with E-state index in [1.54, 1.807) is 24.0 Å². The van der Waals surface area contributed by atoms with Gasteiger partial charge in [0, 0.05) is 16.3 Å². The predicted molar refractivity (Wildman–Crippen MR) is 90.6 cm³/mol. The maximum absolute atomic E-state index is 13.1. The Kier molecular flexibility index (Phi) is 4.69. The van der Waals surface area contributed by atoms with Gasteiger partial charge in [0.05, 0.1) is 29.1 Å². The van der Waals surface area contributed by atoms with Crippen molar-refractivity contribution in [2.75, 3.05) is 18.1 Å². The third-order valence-electron chi connectivity index (χ3n) is 3.88. The van der Waals surface area contributed by atoms with Crippen LogP contribution in [0, 0.1) is 0 Å². The van der Waals surface area contributed by atoms with Crippen LogP contribution in [0.1, 0.15) is 29.8 Å². The van der Waals surface area contributed by atoms with Gasteiger partial charge in [-0.05, 0) is 44.2 Å². The van der Waals surface area contributed by atoms with Gasteiger partial charge in [-0.2, -0.15) is 13.2 Å². The number of carbonyl (C=O) groups is 1. The molecule has 0 aromatic heterocycles. The SMILES string of the molecule is CCOC(=O)c1cccc2c1N(CC)c1cc(C(F)(F)F)ccc1S2. The number of fused-ring (bicyclic) bond motifs is 2. The van der Waals surface area contributed by atoms with Crippen LogP contribution in [0.5, 0.6) is 0 Å². The summed E-state index contributed by atoms with van der Waals surface area (Å²) in [6.45, 7) is 4.21. The molecule has 2 aromatic rings. The third kappa shape index (κ3) is 3.20. The van der Waals surface area contributed by atoms with Gasteiger partial charge in [-0.15, -0.1) is 0 Å². The number of carbonyl (C=O) groups excluding carboxylic acids is 1. The van der Waals surface area contributed by atoms with Gasteiger partial charge in [-0.1, -0.05) is 17.8 Å². The number of hydrogen-bond donors (Lipinski definition) is 0. The summed E-state index contributed by atoms with van der Waals surface area (Å²) in [5.74, 6) is -0.478. The fourth-order valence-electron chi connectivity index (χ4n) is 2.81. The average molecular weight is 367 g/mol. The quantitative estimate of drug-likeness (QED) is 0.670. The topological polar surface area (TPSA) is 29.5 Å². The highest BCUT2D eigenvalue weighted by Gasteiger charge is 2.34. The van der Waals surface area contributed by atoms with Crippen LogP contribution in [-0.2, 0) is 10.9 Å². The molecule has 0 fully saturated rings. The van der Waals surface area contributed by atoms with E-state index < -0.39 is 17.7 Å². The molecule has 1 aliphatic heterocycles. The molecule has 2 aromatic carbocycles. The summed E-state index contributed by atoms with van der Waals surface area (Å²) in [6, 6.07) is 8.94. The van der Waals surface area contributed by atoms with Gasteiger partial charge in [0.15, 0.2) is 0 Å². The fraction of sp³-hybridized carbons (Fsp3) is 0.278. The molecule has 0 bridgehead atoms. The lowest BCUT2D eigenvalue weighted by atomic mass is 10.1. The molecule has 0 atom stereocenters. The number of alkyl halides is 3. The van der Waals surface area contributed by atoms with E-state index in [1.807, 2.05) is 13.0 Å². The molecule has 3 nitrogen and oxygen atoms in total.